The summed E-state index contributed by atoms with van der Waals surface area (Å²) in [5.41, 5.74) is 0.768. The van der Waals surface area contributed by atoms with E-state index < -0.39 is 6.18 Å². The second kappa shape index (κ2) is 8.93. The number of aromatic hydroxyl groups is 1. The minimum atomic E-state index is -4.46. The van der Waals surface area contributed by atoms with Crippen LogP contribution in [0.25, 0.3) is 0 Å². The van der Waals surface area contributed by atoms with Gasteiger partial charge >= 0.3 is 6.18 Å². The lowest BCUT2D eigenvalue weighted by molar-refractivity contribution is -0.121. The minimum absolute atomic E-state index is 0.0162. The summed E-state index contributed by atoms with van der Waals surface area (Å²) in [6.45, 7) is 0.281. The van der Waals surface area contributed by atoms with Crippen molar-refractivity contribution < 1.29 is 27.8 Å². The molecular weight excluding hydrogens is 311 g/mol. The molecule has 1 rings (SSSR count). The van der Waals surface area contributed by atoms with E-state index in [0.29, 0.717) is 18.6 Å². The summed E-state index contributed by atoms with van der Waals surface area (Å²) >= 11 is 0. The maximum atomic E-state index is 11.8. The van der Waals surface area contributed by atoms with Crippen LogP contribution in [-0.4, -0.2) is 24.3 Å². The summed E-state index contributed by atoms with van der Waals surface area (Å²) in [6.07, 6.45) is -3.21. The molecule has 2 N–H and O–H groups in total. The van der Waals surface area contributed by atoms with Crippen LogP contribution in [0.4, 0.5) is 13.2 Å². The Hall–Kier alpha value is -2.36. The molecule has 0 aliphatic rings. The quantitative estimate of drug-likeness (QED) is 0.597. The molecule has 0 aliphatic carbocycles. The molecule has 23 heavy (non-hydrogen) atoms. The van der Waals surface area contributed by atoms with Crippen LogP contribution in [0.2, 0.25) is 0 Å². The lowest BCUT2D eigenvalue weighted by Gasteiger charge is -2.08. The number of phenols is 1. The highest BCUT2D eigenvalue weighted by Crippen LogP contribution is 2.26. The van der Waals surface area contributed by atoms with Gasteiger partial charge in [0.1, 0.15) is 0 Å². The molecule has 4 nitrogen and oxygen atoms in total. The number of phenolic OH excluding ortho intramolecular Hbond substituents is 1. The SMILES string of the molecule is COc1cc(CNC(=O)CCCCC#CC(F)(F)F)ccc1O. The van der Waals surface area contributed by atoms with E-state index in [1.165, 1.54) is 19.1 Å². The highest BCUT2D eigenvalue weighted by Gasteiger charge is 2.22. The van der Waals surface area contributed by atoms with Crippen molar-refractivity contribution >= 4 is 5.91 Å². The van der Waals surface area contributed by atoms with Crippen molar-refractivity contribution in [3.63, 3.8) is 0 Å². The van der Waals surface area contributed by atoms with Gasteiger partial charge in [0.05, 0.1) is 7.11 Å². The molecule has 0 saturated carbocycles. The normalized spacial score (nSPS) is 10.6. The number of alkyl halides is 3. The maximum Gasteiger partial charge on any atom is 0.457 e. The fourth-order valence-corrected chi connectivity index (χ4v) is 1.78. The lowest BCUT2D eigenvalue weighted by Crippen LogP contribution is -2.22. The Balaban J connectivity index is 2.25. The summed E-state index contributed by atoms with van der Waals surface area (Å²) in [7, 11) is 1.43. The molecule has 126 valence electrons. The first-order valence-corrected chi connectivity index (χ1v) is 7.01. The van der Waals surface area contributed by atoms with Gasteiger partial charge in [0.2, 0.25) is 5.91 Å². The van der Waals surface area contributed by atoms with E-state index in [0.717, 1.165) is 5.56 Å². The van der Waals surface area contributed by atoms with Gasteiger partial charge in [-0.3, -0.25) is 4.79 Å². The van der Waals surface area contributed by atoms with E-state index in [9.17, 15) is 23.1 Å². The molecule has 0 saturated heterocycles. The number of hydrogen-bond donors (Lipinski definition) is 2. The average Bonchev–Trinajstić information content (AvgIpc) is 2.48. The first kappa shape index (κ1) is 18.7. The predicted molar refractivity (Wildman–Crippen MR) is 78.8 cm³/mol. The van der Waals surface area contributed by atoms with Gasteiger partial charge in [-0.05, 0) is 30.5 Å². The van der Waals surface area contributed by atoms with Crippen molar-refractivity contribution in [1.29, 1.82) is 0 Å². The fraction of sp³-hybridized carbons (Fsp3) is 0.438. The minimum Gasteiger partial charge on any atom is -0.504 e. The number of carbonyl (C=O) groups excluding carboxylic acids is 1. The molecule has 0 radical (unpaired) electrons. The third-order valence-corrected chi connectivity index (χ3v) is 2.92. The number of halogens is 3. The van der Waals surface area contributed by atoms with E-state index in [1.807, 2.05) is 5.92 Å². The highest BCUT2D eigenvalue weighted by atomic mass is 19.4. The second-order valence-electron chi connectivity index (χ2n) is 4.79. The van der Waals surface area contributed by atoms with E-state index in [-0.39, 0.29) is 31.0 Å². The molecule has 0 fully saturated rings. The zero-order chi connectivity index (χ0) is 17.3. The number of benzene rings is 1. The number of methoxy groups -OCH3 is 1. The van der Waals surface area contributed by atoms with Gasteiger partial charge in [-0.25, -0.2) is 0 Å². The van der Waals surface area contributed by atoms with Crippen LogP contribution in [0.3, 0.4) is 0 Å². The number of nitrogens with one attached hydrogen (secondary N) is 1. The van der Waals surface area contributed by atoms with Gasteiger partial charge in [-0.15, -0.1) is 0 Å². The predicted octanol–water partition coefficient (Wildman–Crippen LogP) is 3.14. The number of ether oxygens (including phenoxy) is 1. The Bertz CT molecular complexity index is 588. The van der Waals surface area contributed by atoms with Crippen molar-refractivity contribution in [1.82, 2.24) is 5.32 Å². The topological polar surface area (TPSA) is 58.6 Å². The number of rotatable bonds is 7. The van der Waals surface area contributed by atoms with Crippen LogP contribution in [0.15, 0.2) is 18.2 Å². The smallest absolute Gasteiger partial charge is 0.457 e. The fourth-order valence-electron chi connectivity index (χ4n) is 1.78. The van der Waals surface area contributed by atoms with Gasteiger partial charge in [-0.2, -0.15) is 13.2 Å². The van der Waals surface area contributed by atoms with Crippen molar-refractivity contribution in [2.45, 2.75) is 38.4 Å². The molecule has 0 aromatic heterocycles. The Morgan fingerprint density at radius 2 is 2.09 bits per heavy atom. The maximum absolute atomic E-state index is 11.8. The van der Waals surface area contributed by atoms with Crippen molar-refractivity contribution in [2.75, 3.05) is 7.11 Å². The first-order chi connectivity index (χ1) is 10.8. The molecule has 0 spiro atoms. The standard InChI is InChI=1S/C16H18F3NO3/c1-23-14-10-12(7-8-13(14)21)11-20-15(22)6-4-2-3-5-9-16(17,18)19/h7-8,10,21H,2-4,6,11H2,1H3,(H,20,22). The number of unbranched alkanes of at least 4 members (excludes halogenated alkanes) is 2. The third kappa shape index (κ3) is 8.00. The summed E-state index contributed by atoms with van der Waals surface area (Å²) in [6, 6.07) is 4.74. The van der Waals surface area contributed by atoms with Crippen LogP contribution in [-0.2, 0) is 11.3 Å². The van der Waals surface area contributed by atoms with Gasteiger partial charge in [0, 0.05) is 25.3 Å². The van der Waals surface area contributed by atoms with Crippen LogP contribution < -0.4 is 10.1 Å². The summed E-state index contributed by atoms with van der Waals surface area (Å²) < 4.78 is 40.3. The molecular formula is C16H18F3NO3. The third-order valence-electron chi connectivity index (χ3n) is 2.92. The lowest BCUT2D eigenvalue weighted by atomic mass is 10.1. The van der Waals surface area contributed by atoms with Crippen molar-refractivity contribution in [3.8, 4) is 23.3 Å². The Morgan fingerprint density at radius 1 is 1.35 bits per heavy atom. The highest BCUT2D eigenvalue weighted by molar-refractivity contribution is 5.75. The molecule has 1 aromatic carbocycles. The van der Waals surface area contributed by atoms with Gasteiger partial charge < -0.3 is 15.2 Å². The number of amides is 1. The van der Waals surface area contributed by atoms with Crippen LogP contribution in [0.1, 0.15) is 31.2 Å². The number of carbonyl (C=O) groups is 1. The molecule has 0 heterocycles. The Kier molecular flexibility index (Phi) is 7.26. The van der Waals surface area contributed by atoms with Crippen LogP contribution in [0, 0.1) is 11.8 Å². The molecule has 0 unspecified atom stereocenters. The molecule has 7 heteroatoms. The van der Waals surface area contributed by atoms with E-state index in [2.05, 4.69) is 5.32 Å². The summed E-state index contributed by atoms with van der Waals surface area (Å²) in [5.74, 6) is 3.36. The monoisotopic (exact) mass is 329 g/mol. The molecule has 0 atom stereocenters. The molecule has 0 aliphatic heterocycles. The van der Waals surface area contributed by atoms with Gasteiger partial charge in [0.25, 0.3) is 0 Å². The first-order valence-electron chi connectivity index (χ1n) is 7.01. The average molecular weight is 329 g/mol. The molecule has 1 aromatic rings. The van der Waals surface area contributed by atoms with Gasteiger partial charge in [0.15, 0.2) is 11.5 Å². The van der Waals surface area contributed by atoms with Crippen LogP contribution in [0.5, 0.6) is 11.5 Å². The molecule has 0 bridgehead atoms. The van der Waals surface area contributed by atoms with Gasteiger partial charge in [-0.1, -0.05) is 12.0 Å². The summed E-state index contributed by atoms with van der Waals surface area (Å²) in [5, 5.41) is 12.1. The zero-order valence-electron chi connectivity index (χ0n) is 12.7. The van der Waals surface area contributed by atoms with E-state index in [4.69, 9.17) is 4.74 Å². The molecule has 1 amide bonds. The van der Waals surface area contributed by atoms with E-state index >= 15 is 0 Å². The largest absolute Gasteiger partial charge is 0.504 e. The van der Waals surface area contributed by atoms with Crippen molar-refractivity contribution in [3.05, 3.63) is 23.8 Å². The second-order valence-corrected chi connectivity index (χ2v) is 4.79. The summed E-state index contributed by atoms with van der Waals surface area (Å²) in [4.78, 5) is 11.6. The Labute approximate surface area is 132 Å². The van der Waals surface area contributed by atoms with E-state index in [1.54, 1.807) is 12.1 Å². The zero-order valence-corrected chi connectivity index (χ0v) is 12.7. The number of hydrogen-bond acceptors (Lipinski definition) is 3. The van der Waals surface area contributed by atoms with Crippen LogP contribution >= 0.6 is 0 Å². The van der Waals surface area contributed by atoms with Crippen molar-refractivity contribution in [2.24, 2.45) is 0 Å². The Morgan fingerprint density at radius 3 is 2.74 bits per heavy atom.